The zero-order valence-electron chi connectivity index (χ0n) is 6.55. The molecule has 0 spiro atoms. The summed E-state index contributed by atoms with van der Waals surface area (Å²) < 4.78 is 36.3. The van der Waals surface area contributed by atoms with Gasteiger partial charge in [-0.25, -0.2) is 5.10 Å². The Morgan fingerprint density at radius 3 is 2.50 bits per heavy atom. The third kappa shape index (κ3) is 1.90. The fraction of sp³-hybridized carbons (Fsp3) is 0.167. The molecular formula is C6H4F3N3O2. The van der Waals surface area contributed by atoms with Gasteiger partial charge < -0.3 is 5.73 Å². The molecule has 76 valence electrons. The third-order valence-electron chi connectivity index (χ3n) is 1.36. The van der Waals surface area contributed by atoms with Crippen LogP contribution in [-0.4, -0.2) is 16.1 Å². The minimum Gasteiger partial charge on any atom is -0.364 e. The van der Waals surface area contributed by atoms with Crippen LogP contribution in [0.2, 0.25) is 0 Å². The summed E-state index contributed by atoms with van der Waals surface area (Å²) in [5, 5.41) is 4.57. The van der Waals surface area contributed by atoms with Crippen LogP contribution in [0.15, 0.2) is 10.9 Å². The van der Waals surface area contributed by atoms with Crippen molar-refractivity contribution in [2.75, 3.05) is 0 Å². The fourth-order valence-corrected chi connectivity index (χ4v) is 0.743. The van der Waals surface area contributed by atoms with Crippen molar-refractivity contribution in [1.29, 1.82) is 0 Å². The molecule has 0 aliphatic rings. The van der Waals surface area contributed by atoms with Crippen molar-refractivity contribution >= 4 is 5.91 Å². The molecule has 0 bridgehead atoms. The van der Waals surface area contributed by atoms with Crippen molar-refractivity contribution in [1.82, 2.24) is 10.2 Å². The first kappa shape index (κ1) is 10.2. The van der Waals surface area contributed by atoms with Gasteiger partial charge in [0, 0.05) is 0 Å². The number of hydrogen-bond donors (Lipinski definition) is 2. The topological polar surface area (TPSA) is 88.8 Å². The van der Waals surface area contributed by atoms with Gasteiger partial charge in [-0.1, -0.05) is 0 Å². The van der Waals surface area contributed by atoms with Gasteiger partial charge in [-0.15, -0.1) is 0 Å². The van der Waals surface area contributed by atoms with Gasteiger partial charge in [0.25, 0.3) is 11.5 Å². The van der Waals surface area contributed by atoms with E-state index in [9.17, 15) is 22.8 Å². The van der Waals surface area contributed by atoms with Crippen LogP contribution in [0.4, 0.5) is 13.2 Å². The number of primary amides is 1. The molecule has 3 N–H and O–H groups in total. The molecular weight excluding hydrogens is 203 g/mol. The second-order valence-electron chi connectivity index (χ2n) is 2.36. The predicted octanol–water partition coefficient (Wildman–Crippen LogP) is -0.112. The second kappa shape index (κ2) is 3.13. The average molecular weight is 207 g/mol. The summed E-state index contributed by atoms with van der Waals surface area (Å²) in [6.07, 6.45) is -4.83. The molecule has 0 unspecified atom stereocenters. The lowest BCUT2D eigenvalue weighted by molar-refractivity contribution is -0.138. The summed E-state index contributed by atoms with van der Waals surface area (Å²) in [4.78, 5) is 21.1. The number of alkyl halides is 3. The Kier molecular flexibility index (Phi) is 2.28. The van der Waals surface area contributed by atoms with Gasteiger partial charge >= 0.3 is 6.18 Å². The van der Waals surface area contributed by atoms with Crippen LogP contribution in [0.3, 0.4) is 0 Å². The van der Waals surface area contributed by atoms with Crippen LogP contribution in [0.1, 0.15) is 16.1 Å². The van der Waals surface area contributed by atoms with Crippen molar-refractivity contribution in [2.24, 2.45) is 5.73 Å². The van der Waals surface area contributed by atoms with Gasteiger partial charge in [-0.05, 0) is 6.07 Å². The molecule has 1 heterocycles. The van der Waals surface area contributed by atoms with Gasteiger partial charge in [-0.2, -0.15) is 18.3 Å². The Hall–Kier alpha value is -1.86. The molecule has 0 atom stereocenters. The first-order valence-electron chi connectivity index (χ1n) is 3.29. The standard InChI is InChI=1S/C6H4F3N3O2/c7-6(8,9)2-1-3(4(10)13)11-12-5(2)14/h1H,(H2,10,13)(H,12,14). The van der Waals surface area contributed by atoms with E-state index in [1.807, 2.05) is 0 Å². The first-order valence-corrected chi connectivity index (χ1v) is 3.29. The number of nitrogens with one attached hydrogen (secondary N) is 1. The van der Waals surface area contributed by atoms with Gasteiger partial charge in [0.05, 0.1) is 0 Å². The quantitative estimate of drug-likeness (QED) is 0.673. The van der Waals surface area contributed by atoms with E-state index >= 15 is 0 Å². The lowest BCUT2D eigenvalue weighted by atomic mass is 10.2. The fourth-order valence-electron chi connectivity index (χ4n) is 0.743. The lowest BCUT2D eigenvalue weighted by Gasteiger charge is -2.04. The van der Waals surface area contributed by atoms with Gasteiger partial charge in [-0.3, -0.25) is 9.59 Å². The smallest absolute Gasteiger partial charge is 0.364 e. The summed E-state index contributed by atoms with van der Waals surface area (Å²) in [5.74, 6) is -1.15. The Labute approximate surface area is 74.7 Å². The molecule has 14 heavy (non-hydrogen) atoms. The summed E-state index contributed by atoms with van der Waals surface area (Å²) >= 11 is 0. The number of aromatic amines is 1. The third-order valence-corrected chi connectivity index (χ3v) is 1.36. The number of halogens is 3. The second-order valence-corrected chi connectivity index (χ2v) is 2.36. The van der Waals surface area contributed by atoms with E-state index in [-0.39, 0.29) is 0 Å². The Morgan fingerprint density at radius 2 is 2.07 bits per heavy atom. The van der Waals surface area contributed by atoms with Gasteiger partial charge in [0.1, 0.15) is 11.3 Å². The van der Waals surface area contributed by atoms with Crippen LogP contribution >= 0.6 is 0 Å². The molecule has 5 nitrogen and oxygen atoms in total. The molecule has 0 aromatic carbocycles. The molecule has 0 fully saturated rings. The Balaban J connectivity index is 3.37. The molecule has 1 rings (SSSR count). The largest absolute Gasteiger partial charge is 0.421 e. The number of hydrogen-bond acceptors (Lipinski definition) is 3. The number of rotatable bonds is 1. The van der Waals surface area contributed by atoms with Crippen molar-refractivity contribution in [2.45, 2.75) is 6.18 Å². The molecule has 1 amide bonds. The lowest BCUT2D eigenvalue weighted by Crippen LogP contribution is -2.26. The summed E-state index contributed by atoms with van der Waals surface area (Å²) in [6, 6.07) is 0.307. The van der Waals surface area contributed by atoms with E-state index in [2.05, 4.69) is 10.8 Å². The van der Waals surface area contributed by atoms with Crippen molar-refractivity contribution in [3.8, 4) is 0 Å². The maximum atomic E-state index is 12.1. The number of amides is 1. The van der Waals surface area contributed by atoms with E-state index in [0.29, 0.717) is 6.07 Å². The SMILES string of the molecule is NC(=O)c1cc(C(F)(F)F)c(=O)[nH]n1. The number of carbonyl (C=O) groups excluding carboxylic acids is 1. The number of H-pyrrole nitrogens is 1. The normalized spacial score (nSPS) is 11.4. The maximum Gasteiger partial charge on any atom is 0.421 e. The molecule has 0 saturated carbocycles. The highest BCUT2D eigenvalue weighted by atomic mass is 19.4. The number of nitrogens with zero attached hydrogens (tertiary/aromatic N) is 1. The zero-order chi connectivity index (χ0) is 10.9. The minimum atomic E-state index is -4.83. The number of carbonyl (C=O) groups is 1. The van der Waals surface area contributed by atoms with E-state index in [4.69, 9.17) is 0 Å². The monoisotopic (exact) mass is 207 g/mol. The zero-order valence-corrected chi connectivity index (χ0v) is 6.55. The number of nitrogens with two attached hydrogens (primary N) is 1. The van der Waals surface area contributed by atoms with Crippen LogP contribution in [0.5, 0.6) is 0 Å². The summed E-state index contributed by atoms with van der Waals surface area (Å²) in [5.41, 5.74) is 1.13. The first-order chi connectivity index (χ1) is 6.32. The molecule has 8 heteroatoms. The van der Waals surface area contributed by atoms with Crippen LogP contribution in [0, 0.1) is 0 Å². The van der Waals surface area contributed by atoms with Crippen molar-refractivity contribution in [3.05, 3.63) is 27.7 Å². The summed E-state index contributed by atoms with van der Waals surface area (Å²) in [7, 11) is 0. The molecule has 1 aromatic rings. The van der Waals surface area contributed by atoms with Crippen molar-refractivity contribution in [3.63, 3.8) is 0 Å². The van der Waals surface area contributed by atoms with Crippen LogP contribution in [-0.2, 0) is 6.18 Å². The van der Waals surface area contributed by atoms with Gasteiger partial charge in [0.2, 0.25) is 0 Å². The average Bonchev–Trinajstić information content (AvgIpc) is 2.02. The molecule has 0 saturated heterocycles. The highest BCUT2D eigenvalue weighted by Gasteiger charge is 2.34. The molecule has 0 radical (unpaired) electrons. The minimum absolute atomic E-state index is 0.307. The molecule has 0 aliphatic carbocycles. The van der Waals surface area contributed by atoms with E-state index in [1.165, 1.54) is 5.10 Å². The van der Waals surface area contributed by atoms with Gasteiger partial charge in [0.15, 0.2) is 0 Å². The Morgan fingerprint density at radius 1 is 1.50 bits per heavy atom. The molecule has 1 aromatic heterocycles. The van der Waals surface area contributed by atoms with Crippen LogP contribution < -0.4 is 11.3 Å². The van der Waals surface area contributed by atoms with E-state index in [0.717, 1.165) is 0 Å². The number of aromatic nitrogens is 2. The molecule has 0 aliphatic heterocycles. The van der Waals surface area contributed by atoms with Crippen LogP contribution in [0.25, 0.3) is 0 Å². The Bertz CT molecular complexity index is 423. The van der Waals surface area contributed by atoms with Crippen molar-refractivity contribution < 1.29 is 18.0 Å². The highest BCUT2D eigenvalue weighted by Crippen LogP contribution is 2.26. The van der Waals surface area contributed by atoms with E-state index < -0.39 is 28.9 Å². The van der Waals surface area contributed by atoms with E-state index in [1.54, 1.807) is 0 Å². The predicted molar refractivity (Wildman–Crippen MR) is 38.4 cm³/mol. The summed E-state index contributed by atoms with van der Waals surface area (Å²) in [6.45, 7) is 0. The highest BCUT2D eigenvalue weighted by molar-refractivity contribution is 5.90. The maximum absolute atomic E-state index is 12.1.